The SMILES string of the molecule is CC(C)(C)C(=O)Nc1cncc(C(F)(F)F)c1. The minimum atomic E-state index is -4.46. The third kappa shape index (κ3) is 3.72. The summed E-state index contributed by atoms with van der Waals surface area (Å²) < 4.78 is 37.2. The molecule has 1 amide bonds. The molecule has 0 aromatic carbocycles. The lowest BCUT2D eigenvalue weighted by atomic mass is 9.95. The van der Waals surface area contributed by atoms with E-state index in [-0.39, 0.29) is 11.6 Å². The van der Waals surface area contributed by atoms with E-state index in [4.69, 9.17) is 0 Å². The van der Waals surface area contributed by atoms with Gasteiger partial charge in [-0.05, 0) is 6.07 Å². The van der Waals surface area contributed by atoms with E-state index in [2.05, 4.69) is 10.3 Å². The molecule has 0 radical (unpaired) electrons. The Morgan fingerprint density at radius 1 is 1.24 bits per heavy atom. The molecule has 17 heavy (non-hydrogen) atoms. The van der Waals surface area contributed by atoms with Gasteiger partial charge in [0, 0.05) is 11.6 Å². The molecular formula is C11H13F3N2O. The molecule has 0 aliphatic heterocycles. The predicted molar refractivity (Wildman–Crippen MR) is 57.3 cm³/mol. The fourth-order valence-electron chi connectivity index (χ4n) is 0.982. The van der Waals surface area contributed by atoms with Crippen LogP contribution in [0.2, 0.25) is 0 Å². The van der Waals surface area contributed by atoms with Gasteiger partial charge in [-0.2, -0.15) is 13.2 Å². The second-order valence-corrected chi connectivity index (χ2v) is 4.66. The monoisotopic (exact) mass is 246 g/mol. The number of hydrogen-bond acceptors (Lipinski definition) is 2. The first-order chi connectivity index (χ1) is 7.60. The van der Waals surface area contributed by atoms with E-state index in [1.54, 1.807) is 20.8 Å². The van der Waals surface area contributed by atoms with Crippen LogP contribution in [0.1, 0.15) is 26.3 Å². The van der Waals surface area contributed by atoms with Crippen molar-refractivity contribution in [3.05, 3.63) is 24.0 Å². The number of carbonyl (C=O) groups is 1. The molecule has 0 aliphatic rings. The Morgan fingerprint density at radius 2 is 1.82 bits per heavy atom. The average molecular weight is 246 g/mol. The molecule has 1 rings (SSSR count). The fraction of sp³-hybridized carbons (Fsp3) is 0.455. The first kappa shape index (κ1) is 13.5. The largest absolute Gasteiger partial charge is 0.417 e. The van der Waals surface area contributed by atoms with Gasteiger partial charge in [0.25, 0.3) is 0 Å². The maximum absolute atomic E-state index is 12.4. The van der Waals surface area contributed by atoms with Crippen LogP contribution >= 0.6 is 0 Å². The van der Waals surface area contributed by atoms with Crippen molar-refractivity contribution in [1.82, 2.24) is 4.98 Å². The summed E-state index contributed by atoms with van der Waals surface area (Å²) in [5, 5.41) is 2.39. The second kappa shape index (κ2) is 4.35. The van der Waals surface area contributed by atoms with Crippen molar-refractivity contribution in [2.75, 3.05) is 5.32 Å². The van der Waals surface area contributed by atoms with E-state index in [0.717, 1.165) is 6.07 Å². The number of carbonyl (C=O) groups excluding carboxylic acids is 1. The van der Waals surface area contributed by atoms with Crippen molar-refractivity contribution in [2.45, 2.75) is 26.9 Å². The zero-order valence-corrected chi connectivity index (χ0v) is 9.72. The Labute approximate surface area is 97.0 Å². The van der Waals surface area contributed by atoms with Crippen LogP contribution in [0.25, 0.3) is 0 Å². The molecule has 0 fully saturated rings. The first-order valence-corrected chi connectivity index (χ1v) is 4.94. The summed E-state index contributed by atoms with van der Waals surface area (Å²) >= 11 is 0. The number of pyridine rings is 1. The highest BCUT2D eigenvalue weighted by Crippen LogP contribution is 2.30. The van der Waals surface area contributed by atoms with Gasteiger partial charge in [0.2, 0.25) is 5.91 Å². The standard InChI is InChI=1S/C11H13F3N2O/c1-10(2,3)9(17)16-8-4-7(5-15-6-8)11(12,13)14/h4-6H,1-3H3,(H,16,17). The Balaban J connectivity index is 2.91. The van der Waals surface area contributed by atoms with Crippen molar-refractivity contribution < 1.29 is 18.0 Å². The second-order valence-electron chi connectivity index (χ2n) is 4.66. The number of rotatable bonds is 1. The number of halogens is 3. The predicted octanol–water partition coefficient (Wildman–Crippen LogP) is 3.09. The Hall–Kier alpha value is -1.59. The number of hydrogen-bond donors (Lipinski definition) is 1. The van der Waals surface area contributed by atoms with Crippen LogP contribution in [0.5, 0.6) is 0 Å². The van der Waals surface area contributed by atoms with Crippen LogP contribution in [0.3, 0.4) is 0 Å². The lowest BCUT2D eigenvalue weighted by Crippen LogP contribution is -2.27. The van der Waals surface area contributed by atoms with E-state index in [9.17, 15) is 18.0 Å². The summed E-state index contributed by atoms with van der Waals surface area (Å²) in [7, 11) is 0. The molecule has 0 aliphatic carbocycles. The van der Waals surface area contributed by atoms with E-state index in [0.29, 0.717) is 6.20 Å². The van der Waals surface area contributed by atoms with Crippen molar-refractivity contribution in [3.8, 4) is 0 Å². The number of nitrogens with one attached hydrogen (secondary N) is 1. The number of nitrogens with zero attached hydrogens (tertiary/aromatic N) is 1. The van der Waals surface area contributed by atoms with Crippen molar-refractivity contribution in [2.24, 2.45) is 5.41 Å². The highest BCUT2D eigenvalue weighted by molar-refractivity contribution is 5.94. The average Bonchev–Trinajstić information content (AvgIpc) is 2.15. The lowest BCUT2D eigenvalue weighted by Gasteiger charge is -2.18. The molecule has 1 heterocycles. The number of alkyl halides is 3. The van der Waals surface area contributed by atoms with Crippen LogP contribution < -0.4 is 5.32 Å². The third-order valence-electron chi connectivity index (χ3n) is 2.00. The fourth-order valence-corrected chi connectivity index (χ4v) is 0.982. The quantitative estimate of drug-likeness (QED) is 0.827. The molecule has 0 atom stereocenters. The smallest absolute Gasteiger partial charge is 0.324 e. The summed E-state index contributed by atoms with van der Waals surface area (Å²) in [6.07, 6.45) is -2.57. The first-order valence-electron chi connectivity index (χ1n) is 4.94. The minimum Gasteiger partial charge on any atom is -0.324 e. The van der Waals surface area contributed by atoms with Gasteiger partial charge in [-0.3, -0.25) is 9.78 Å². The number of anilines is 1. The molecule has 0 saturated carbocycles. The molecule has 1 N–H and O–H groups in total. The molecule has 0 saturated heterocycles. The summed E-state index contributed by atoms with van der Waals surface area (Å²) in [5.41, 5.74) is -1.52. The molecule has 1 aromatic rings. The summed E-state index contributed by atoms with van der Waals surface area (Å²) in [4.78, 5) is 15.0. The van der Waals surface area contributed by atoms with Crippen LogP contribution in [-0.4, -0.2) is 10.9 Å². The van der Waals surface area contributed by atoms with E-state index in [1.807, 2.05) is 0 Å². The van der Waals surface area contributed by atoms with E-state index in [1.165, 1.54) is 6.20 Å². The molecule has 0 bridgehead atoms. The minimum absolute atomic E-state index is 0.0414. The maximum Gasteiger partial charge on any atom is 0.417 e. The van der Waals surface area contributed by atoms with E-state index < -0.39 is 17.2 Å². The van der Waals surface area contributed by atoms with Gasteiger partial charge in [0.05, 0.1) is 17.4 Å². The molecule has 1 aromatic heterocycles. The Morgan fingerprint density at radius 3 is 2.29 bits per heavy atom. The molecule has 0 spiro atoms. The highest BCUT2D eigenvalue weighted by atomic mass is 19.4. The van der Waals surface area contributed by atoms with Crippen molar-refractivity contribution >= 4 is 11.6 Å². The van der Waals surface area contributed by atoms with Crippen molar-refractivity contribution in [3.63, 3.8) is 0 Å². The molecule has 3 nitrogen and oxygen atoms in total. The van der Waals surface area contributed by atoms with Gasteiger partial charge < -0.3 is 5.32 Å². The van der Waals surface area contributed by atoms with Gasteiger partial charge >= 0.3 is 6.18 Å². The lowest BCUT2D eigenvalue weighted by molar-refractivity contribution is -0.137. The Kier molecular flexibility index (Phi) is 3.45. The maximum atomic E-state index is 12.4. The molecular weight excluding hydrogens is 233 g/mol. The normalized spacial score (nSPS) is 12.4. The molecule has 0 unspecified atom stereocenters. The van der Waals surface area contributed by atoms with E-state index >= 15 is 0 Å². The number of amides is 1. The number of aromatic nitrogens is 1. The van der Waals surface area contributed by atoms with Gasteiger partial charge in [0.1, 0.15) is 0 Å². The van der Waals surface area contributed by atoms with Crippen LogP contribution in [-0.2, 0) is 11.0 Å². The summed E-state index contributed by atoms with van der Waals surface area (Å²) in [6, 6.07) is 0.858. The highest BCUT2D eigenvalue weighted by Gasteiger charge is 2.31. The zero-order chi connectivity index (χ0) is 13.3. The molecule has 94 valence electrons. The third-order valence-corrected chi connectivity index (χ3v) is 2.00. The molecule has 6 heteroatoms. The summed E-state index contributed by atoms with van der Waals surface area (Å²) in [5.74, 6) is -0.362. The van der Waals surface area contributed by atoms with Gasteiger partial charge in [-0.15, -0.1) is 0 Å². The topological polar surface area (TPSA) is 42.0 Å². The van der Waals surface area contributed by atoms with Crippen LogP contribution in [0.4, 0.5) is 18.9 Å². The van der Waals surface area contributed by atoms with Crippen LogP contribution in [0.15, 0.2) is 18.5 Å². The van der Waals surface area contributed by atoms with Crippen molar-refractivity contribution in [1.29, 1.82) is 0 Å². The Bertz CT molecular complexity index is 421. The van der Waals surface area contributed by atoms with Gasteiger partial charge in [-0.1, -0.05) is 20.8 Å². The van der Waals surface area contributed by atoms with Gasteiger partial charge in [-0.25, -0.2) is 0 Å². The van der Waals surface area contributed by atoms with Gasteiger partial charge in [0.15, 0.2) is 0 Å². The zero-order valence-electron chi connectivity index (χ0n) is 9.72. The summed E-state index contributed by atoms with van der Waals surface area (Å²) in [6.45, 7) is 5.01. The van der Waals surface area contributed by atoms with Crippen LogP contribution in [0, 0.1) is 5.41 Å².